The minimum absolute atomic E-state index is 0.177. The first-order valence-corrected chi connectivity index (χ1v) is 8.78. The van der Waals surface area contributed by atoms with Crippen LogP contribution in [0, 0.1) is 0 Å². The van der Waals surface area contributed by atoms with E-state index in [-0.39, 0.29) is 10.8 Å². The highest BCUT2D eigenvalue weighted by Crippen LogP contribution is 2.27. The van der Waals surface area contributed by atoms with Crippen molar-refractivity contribution in [1.82, 2.24) is 0 Å². The van der Waals surface area contributed by atoms with Gasteiger partial charge in [0.25, 0.3) is 10.0 Å². The largest absolute Gasteiger partial charge is 0.314 e. The van der Waals surface area contributed by atoms with Gasteiger partial charge in [-0.1, -0.05) is 31.2 Å². The molecule has 0 aliphatic carbocycles. The van der Waals surface area contributed by atoms with Crippen LogP contribution in [0.15, 0.2) is 53.4 Å². The molecule has 122 valence electrons. The molecule has 0 unspecified atom stereocenters. The van der Waals surface area contributed by atoms with Crippen molar-refractivity contribution < 1.29 is 13.2 Å². The van der Waals surface area contributed by atoms with Gasteiger partial charge in [-0.05, 0) is 36.2 Å². The lowest BCUT2D eigenvalue weighted by atomic mass is 10.2. The van der Waals surface area contributed by atoms with Gasteiger partial charge in [0.1, 0.15) is 0 Å². The van der Waals surface area contributed by atoms with Gasteiger partial charge in [-0.25, -0.2) is 8.42 Å². The number of sulfonamides is 1. The Bertz CT molecular complexity index is 799. The molecule has 23 heavy (non-hydrogen) atoms. The molecule has 0 aromatic heterocycles. The van der Waals surface area contributed by atoms with Crippen molar-refractivity contribution in [1.29, 1.82) is 0 Å². The zero-order chi connectivity index (χ0) is 17.0. The molecular weight excluding hydrogens is 312 g/mol. The van der Waals surface area contributed by atoms with Crippen LogP contribution in [0.4, 0.5) is 11.4 Å². The van der Waals surface area contributed by atoms with Gasteiger partial charge >= 0.3 is 0 Å². The van der Waals surface area contributed by atoms with Crippen molar-refractivity contribution in [2.75, 3.05) is 16.7 Å². The molecule has 0 aliphatic rings. The number of carbonyl (C=O) groups is 1. The highest BCUT2D eigenvalue weighted by Gasteiger charge is 2.18. The number of hydrogen-bond donors (Lipinski definition) is 1. The lowest BCUT2D eigenvalue weighted by Gasteiger charge is -2.19. The molecule has 0 aliphatic heterocycles. The SMILES string of the molecule is CCc1ccc(S(=O)(=O)Nc2ccccc2N(C)C(C)=O)cc1. The van der Waals surface area contributed by atoms with Gasteiger partial charge in [0.2, 0.25) is 5.91 Å². The summed E-state index contributed by atoms with van der Waals surface area (Å²) in [6, 6.07) is 13.5. The number of aryl methyl sites for hydroxylation is 1. The Labute approximate surface area is 137 Å². The number of nitrogens with one attached hydrogen (secondary N) is 1. The van der Waals surface area contributed by atoms with Crippen LogP contribution < -0.4 is 9.62 Å². The zero-order valence-electron chi connectivity index (χ0n) is 13.4. The second kappa shape index (κ2) is 6.83. The molecule has 0 atom stereocenters. The maximum absolute atomic E-state index is 12.5. The fraction of sp³-hybridized carbons (Fsp3) is 0.235. The van der Waals surface area contributed by atoms with E-state index in [1.165, 1.54) is 11.8 Å². The first kappa shape index (κ1) is 17.0. The second-order valence-corrected chi connectivity index (χ2v) is 6.88. The summed E-state index contributed by atoms with van der Waals surface area (Å²) in [6.07, 6.45) is 0.847. The number of rotatable bonds is 5. The Morgan fingerprint density at radius 2 is 1.70 bits per heavy atom. The zero-order valence-corrected chi connectivity index (χ0v) is 14.2. The van der Waals surface area contributed by atoms with Crippen LogP contribution in [0.25, 0.3) is 0 Å². The molecule has 2 rings (SSSR count). The van der Waals surface area contributed by atoms with Crippen molar-refractivity contribution in [2.24, 2.45) is 0 Å². The Hall–Kier alpha value is -2.34. The fourth-order valence-corrected chi connectivity index (χ4v) is 3.20. The molecule has 1 N–H and O–H groups in total. The van der Waals surface area contributed by atoms with Gasteiger partial charge in [-0.15, -0.1) is 0 Å². The van der Waals surface area contributed by atoms with Crippen molar-refractivity contribution in [3.8, 4) is 0 Å². The standard InChI is InChI=1S/C17H20N2O3S/c1-4-14-9-11-15(12-10-14)23(21,22)18-16-7-5-6-8-17(16)19(3)13(2)20/h5-12,18H,4H2,1-3H3. The van der Waals surface area contributed by atoms with Crippen LogP contribution in [0.1, 0.15) is 19.4 Å². The number of benzene rings is 2. The van der Waals surface area contributed by atoms with Crippen LogP contribution in [0.5, 0.6) is 0 Å². The molecule has 0 spiro atoms. The summed E-state index contributed by atoms with van der Waals surface area (Å²) in [6.45, 7) is 3.43. The summed E-state index contributed by atoms with van der Waals surface area (Å²) in [7, 11) is -2.11. The van der Waals surface area contributed by atoms with E-state index >= 15 is 0 Å². The molecule has 0 bridgehead atoms. The number of para-hydroxylation sites is 2. The minimum atomic E-state index is -3.71. The van der Waals surface area contributed by atoms with Crippen LogP contribution in [0.3, 0.4) is 0 Å². The van der Waals surface area contributed by atoms with Gasteiger partial charge in [-0.2, -0.15) is 0 Å². The second-order valence-electron chi connectivity index (χ2n) is 5.20. The molecule has 2 aromatic rings. The van der Waals surface area contributed by atoms with E-state index in [9.17, 15) is 13.2 Å². The third-order valence-electron chi connectivity index (χ3n) is 3.62. The molecular formula is C17H20N2O3S. The van der Waals surface area contributed by atoms with Crippen molar-refractivity contribution >= 4 is 27.3 Å². The van der Waals surface area contributed by atoms with E-state index in [0.29, 0.717) is 11.4 Å². The molecule has 5 nitrogen and oxygen atoms in total. The molecule has 6 heteroatoms. The molecule has 0 radical (unpaired) electrons. The van der Waals surface area contributed by atoms with Gasteiger partial charge in [0, 0.05) is 14.0 Å². The van der Waals surface area contributed by atoms with Gasteiger partial charge in [0.15, 0.2) is 0 Å². The maximum Gasteiger partial charge on any atom is 0.261 e. The van der Waals surface area contributed by atoms with Crippen LogP contribution in [-0.2, 0) is 21.2 Å². The minimum Gasteiger partial charge on any atom is -0.314 e. The van der Waals surface area contributed by atoms with E-state index in [2.05, 4.69) is 4.72 Å². The fourth-order valence-electron chi connectivity index (χ4n) is 2.13. The summed E-state index contributed by atoms with van der Waals surface area (Å²) in [5.41, 5.74) is 1.94. The van der Waals surface area contributed by atoms with E-state index in [4.69, 9.17) is 0 Å². The predicted octanol–water partition coefficient (Wildman–Crippen LogP) is 3.03. The maximum atomic E-state index is 12.5. The van der Waals surface area contributed by atoms with Crippen molar-refractivity contribution in [3.63, 3.8) is 0 Å². The molecule has 0 saturated carbocycles. The Kier molecular flexibility index (Phi) is 5.05. The third-order valence-corrected chi connectivity index (χ3v) is 5.01. The number of carbonyl (C=O) groups excluding carboxylic acids is 1. The number of anilines is 2. The van der Waals surface area contributed by atoms with Crippen LogP contribution in [0.2, 0.25) is 0 Å². The molecule has 2 aromatic carbocycles. The highest BCUT2D eigenvalue weighted by atomic mass is 32.2. The normalized spacial score (nSPS) is 11.1. The molecule has 0 fully saturated rings. The molecule has 0 saturated heterocycles. The lowest BCUT2D eigenvalue weighted by Crippen LogP contribution is -2.25. The van der Waals surface area contributed by atoms with Gasteiger partial charge < -0.3 is 4.90 Å². The predicted molar refractivity (Wildman–Crippen MR) is 92.2 cm³/mol. The Morgan fingerprint density at radius 3 is 2.26 bits per heavy atom. The van der Waals surface area contributed by atoms with E-state index < -0.39 is 10.0 Å². The van der Waals surface area contributed by atoms with Crippen molar-refractivity contribution in [2.45, 2.75) is 25.2 Å². The Morgan fingerprint density at radius 1 is 1.09 bits per heavy atom. The van der Waals surface area contributed by atoms with Crippen LogP contribution >= 0.6 is 0 Å². The average Bonchev–Trinajstić information content (AvgIpc) is 2.54. The topological polar surface area (TPSA) is 66.5 Å². The Balaban J connectivity index is 2.35. The number of nitrogens with zero attached hydrogens (tertiary/aromatic N) is 1. The highest BCUT2D eigenvalue weighted by molar-refractivity contribution is 7.92. The number of amides is 1. The average molecular weight is 332 g/mol. The van der Waals surface area contributed by atoms with Gasteiger partial charge in [-0.3, -0.25) is 9.52 Å². The lowest BCUT2D eigenvalue weighted by molar-refractivity contribution is -0.116. The quantitative estimate of drug-likeness (QED) is 0.915. The van der Waals surface area contributed by atoms with Gasteiger partial charge in [0.05, 0.1) is 16.3 Å². The molecule has 0 heterocycles. The van der Waals surface area contributed by atoms with Crippen molar-refractivity contribution in [3.05, 3.63) is 54.1 Å². The summed E-state index contributed by atoms with van der Waals surface area (Å²) in [4.78, 5) is 13.1. The number of hydrogen-bond acceptors (Lipinski definition) is 3. The molecule has 1 amide bonds. The van der Waals surface area contributed by atoms with E-state index in [0.717, 1.165) is 12.0 Å². The summed E-state index contributed by atoms with van der Waals surface area (Å²) in [5, 5.41) is 0. The van der Waals surface area contributed by atoms with Crippen LogP contribution in [-0.4, -0.2) is 21.4 Å². The van der Waals surface area contributed by atoms with E-state index in [1.54, 1.807) is 55.6 Å². The monoisotopic (exact) mass is 332 g/mol. The first-order chi connectivity index (χ1) is 10.8. The first-order valence-electron chi connectivity index (χ1n) is 7.30. The summed E-state index contributed by atoms with van der Waals surface area (Å²) < 4.78 is 27.6. The smallest absolute Gasteiger partial charge is 0.261 e. The third kappa shape index (κ3) is 3.90. The van der Waals surface area contributed by atoms with E-state index in [1.807, 2.05) is 6.92 Å². The summed E-state index contributed by atoms with van der Waals surface area (Å²) in [5.74, 6) is -0.177. The summed E-state index contributed by atoms with van der Waals surface area (Å²) >= 11 is 0.